The number of halogens is 3. The molecule has 1 aliphatic rings. The van der Waals surface area contributed by atoms with E-state index in [0.29, 0.717) is 11.3 Å². The lowest BCUT2D eigenvalue weighted by molar-refractivity contribution is -0.137. The average Bonchev–Trinajstić information content (AvgIpc) is 2.98. The summed E-state index contributed by atoms with van der Waals surface area (Å²) in [6.07, 6.45) is -4.46. The maximum absolute atomic E-state index is 13.1. The van der Waals surface area contributed by atoms with E-state index in [9.17, 15) is 27.9 Å². The Bertz CT molecular complexity index is 996. The van der Waals surface area contributed by atoms with E-state index in [0.717, 1.165) is 12.1 Å². The number of amides is 1. The van der Waals surface area contributed by atoms with E-state index in [1.807, 2.05) is 0 Å². The Morgan fingerprint density at radius 2 is 1.83 bits per heavy atom. The zero-order chi connectivity index (χ0) is 22.1. The number of nitrogens with zero attached hydrogens (tertiary/aromatic N) is 1. The number of aliphatic hydroxyl groups is 1. The van der Waals surface area contributed by atoms with Gasteiger partial charge in [0.25, 0.3) is 5.91 Å². The van der Waals surface area contributed by atoms with Crippen LogP contribution in [0.5, 0.6) is 5.75 Å². The number of hydrogen-bond donors (Lipinski definition) is 1. The molecule has 0 saturated heterocycles. The molecule has 0 saturated carbocycles. The molecule has 0 fully saturated rings. The molecule has 0 bridgehead atoms. The zero-order valence-electron chi connectivity index (χ0n) is 16.4. The minimum atomic E-state index is -4.52. The molecule has 0 aromatic heterocycles. The van der Waals surface area contributed by atoms with Crippen molar-refractivity contribution in [2.75, 3.05) is 7.11 Å². The highest BCUT2D eigenvalue weighted by Gasteiger charge is 2.43. The van der Waals surface area contributed by atoms with Gasteiger partial charge in [-0.15, -0.1) is 0 Å². The van der Waals surface area contributed by atoms with Gasteiger partial charge in [-0.3, -0.25) is 9.59 Å². The van der Waals surface area contributed by atoms with Crippen LogP contribution in [0.15, 0.2) is 59.9 Å². The lowest BCUT2D eigenvalue weighted by atomic mass is 9.94. The summed E-state index contributed by atoms with van der Waals surface area (Å²) >= 11 is 0. The number of alkyl halides is 3. The molecule has 158 valence electrons. The van der Waals surface area contributed by atoms with Crippen LogP contribution in [-0.4, -0.2) is 28.8 Å². The summed E-state index contributed by atoms with van der Waals surface area (Å²) in [6, 6.07) is 10.3. The summed E-state index contributed by atoms with van der Waals surface area (Å²) in [7, 11) is 1.49. The van der Waals surface area contributed by atoms with Crippen LogP contribution in [0.4, 0.5) is 13.2 Å². The van der Waals surface area contributed by atoms with E-state index in [4.69, 9.17) is 4.74 Å². The molecule has 0 spiro atoms. The molecule has 1 aliphatic heterocycles. The van der Waals surface area contributed by atoms with Crippen molar-refractivity contribution in [1.82, 2.24) is 4.90 Å². The Kier molecular flexibility index (Phi) is 5.87. The van der Waals surface area contributed by atoms with Crippen LogP contribution in [0.3, 0.4) is 0 Å². The van der Waals surface area contributed by atoms with Crippen molar-refractivity contribution in [1.29, 1.82) is 0 Å². The number of Topliss-reactive ketones (excluding diaryl/α,β-unsaturated/α-hetero) is 1. The van der Waals surface area contributed by atoms with Gasteiger partial charge in [0.05, 0.1) is 24.3 Å². The molecule has 1 unspecified atom stereocenters. The third kappa shape index (κ3) is 4.03. The minimum Gasteiger partial charge on any atom is -0.503 e. The van der Waals surface area contributed by atoms with Crippen molar-refractivity contribution in [2.24, 2.45) is 0 Å². The fourth-order valence-electron chi connectivity index (χ4n) is 3.47. The molecule has 2 aromatic carbocycles. The van der Waals surface area contributed by atoms with Crippen molar-refractivity contribution < 1.29 is 32.6 Å². The molecule has 0 radical (unpaired) electrons. The Morgan fingerprint density at radius 1 is 1.17 bits per heavy atom. The molecule has 8 heteroatoms. The first-order chi connectivity index (χ1) is 14.2. The van der Waals surface area contributed by atoms with Crippen molar-refractivity contribution in [3.8, 4) is 5.75 Å². The van der Waals surface area contributed by atoms with Crippen molar-refractivity contribution in [2.45, 2.75) is 32.1 Å². The number of carbonyl (C=O) groups excluding carboxylic acids is 2. The fourth-order valence-corrected chi connectivity index (χ4v) is 3.47. The van der Waals surface area contributed by atoms with Crippen LogP contribution >= 0.6 is 0 Å². The fraction of sp³-hybridized carbons (Fsp3) is 0.273. The first kappa shape index (κ1) is 21.4. The molecule has 1 amide bonds. The maximum Gasteiger partial charge on any atom is 0.416 e. The van der Waals surface area contributed by atoms with Crippen LogP contribution in [0.25, 0.3) is 0 Å². The van der Waals surface area contributed by atoms with Crippen molar-refractivity contribution in [3.05, 3.63) is 76.6 Å². The number of aliphatic hydroxyl groups excluding tert-OH is 1. The normalized spacial score (nSPS) is 16.9. The molecule has 3 rings (SSSR count). The highest BCUT2D eigenvalue weighted by atomic mass is 19.4. The zero-order valence-corrected chi connectivity index (χ0v) is 16.4. The van der Waals surface area contributed by atoms with Crippen LogP contribution in [0.1, 0.15) is 36.1 Å². The monoisotopic (exact) mass is 419 g/mol. The van der Waals surface area contributed by atoms with Gasteiger partial charge in [0.2, 0.25) is 0 Å². The summed E-state index contributed by atoms with van der Waals surface area (Å²) in [4.78, 5) is 26.4. The Balaban J connectivity index is 2.03. The standard InChI is InChI=1S/C22H20F3NO4/c1-3-17(27)18-19(14-7-9-16(30-2)10-8-14)26(21(29)20(18)28)12-13-5-4-6-15(11-13)22(23,24)25/h4-11,19,28H,3,12H2,1-2H3. The summed E-state index contributed by atoms with van der Waals surface area (Å²) in [5, 5.41) is 10.4. The quantitative estimate of drug-likeness (QED) is 0.744. The largest absolute Gasteiger partial charge is 0.503 e. The Morgan fingerprint density at radius 3 is 2.40 bits per heavy atom. The Hall–Kier alpha value is -3.29. The first-order valence-corrected chi connectivity index (χ1v) is 9.24. The summed E-state index contributed by atoms with van der Waals surface area (Å²) in [5.74, 6) is -1.32. The highest BCUT2D eigenvalue weighted by molar-refractivity contribution is 6.08. The number of rotatable bonds is 6. The maximum atomic E-state index is 13.1. The third-order valence-corrected chi connectivity index (χ3v) is 4.96. The third-order valence-electron chi connectivity index (χ3n) is 4.96. The highest BCUT2D eigenvalue weighted by Crippen LogP contribution is 2.40. The van der Waals surface area contributed by atoms with Gasteiger partial charge >= 0.3 is 6.18 Å². The molecule has 0 aliphatic carbocycles. The van der Waals surface area contributed by atoms with E-state index >= 15 is 0 Å². The van der Waals surface area contributed by atoms with Crippen LogP contribution in [0, 0.1) is 0 Å². The summed E-state index contributed by atoms with van der Waals surface area (Å²) in [6.45, 7) is 1.40. The van der Waals surface area contributed by atoms with Gasteiger partial charge in [0.15, 0.2) is 11.5 Å². The van der Waals surface area contributed by atoms with Gasteiger partial charge in [-0.2, -0.15) is 13.2 Å². The summed E-state index contributed by atoms with van der Waals surface area (Å²) < 4.78 is 44.3. The minimum absolute atomic E-state index is 0.0559. The molecular weight excluding hydrogens is 399 g/mol. The molecule has 2 aromatic rings. The van der Waals surface area contributed by atoms with Crippen LogP contribution in [-0.2, 0) is 22.3 Å². The molecule has 1 atom stereocenters. The van der Waals surface area contributed by atoms with E-state index < -0.39 is 35.2 Å². The molecular formula is C22H20F3NO4. The second kappa shape index (κ2) is 8.22. The number of ether oxygens (including phenoxy) is 1. The number of benzene rings is 2. The first-order valence-electron chi connectivity index (χ1n) is 9.24. The predicted octanol–water partition coefficient (Wildman–Crippen LogP) is 4.59. The average molecular weight is 419 g/mol. The molecule has 30 heavy (non-hydrogen) atoms. The molecule has 5 nitrogen and oxygen atoms in total. The van der Waals surface area contributed by atoms with Crippen LogP contribution < -0.4 is 4.74 Å². The van der Waals surface area contributed by atoms with Gasteiger partial charge in [0, 0.05) is 13.0 Å². The van der Waals surface area contributed by atoms with Crippen molar-refractivity contribution in [3.63, 3.8) is 0 Å². The van der Waals surface area contributed by atoms with E-state index in [1.54, 1.807) is 31.2 Å². The smallest absolute Gasteiger partial charge is 0.416 e. The topological polar surface area (TPSA) is 66.8 Å². The second-order valence-electron chi connectivity index (χ2n) is 6.85. The number of hydrogen-bond acceptors (Lipinski definition) is 4. The molecule has 1 heterocycles. The van der Waals surface area contributed by atoms with E-state index in [2.05, 4.69) is 0 Å². The summed E-state index contributed by atoms with van der Waals surface area (Å²) in [5.41, 5.74) is -0.124. The van der Waals surface area contributed by atoms with Gasteiger partial charge in [-0.25, -0.2) is 0 Å². The van der Waals surface area contributed by atoms with Gasteiger partial charge in [-0.05, 0) is 35.4 Å². The lowest BCUT2D eigenvalue weighted by Crippen LogP contribution is -2.30. The van der Waals surface area contributed by atoms with E-state index in [-0.39, 0.29) is 24.1 Å². The van der Waals surface area contributed by atoms with Gasteiger partial charge in [-0.1, -0.05) is 31.2 Å². The lowest BCUT2D eigenvalue weighted by Gasteiger charge is -2.27. The molecule has 1 N–H and O–H groups in total. The van der Waals surface area contributed by atoms with E-state index in [1.165, 1.54) is 24.1 Å². The van der Waals surface area contributed by atoms with Crippen molar-refractivity contribution >= 4 is 11.7 Å². The van der Waals surface area contributed by atoms with Gasteiger partial charge in [0.1, 0.15) is 5.75 Å². The predicted molar refractivity (Wildman–Crippen MR) is 103 cm³/mol. The Labute approximate surface area is 171 Å². The second-order valence-corrected chi connectivity index (χ2v) is 6.85. The van der Waals surface area contributed by atoms with Gasteiger partial charge < -0.3 is 14.7 Å². The number of ketones is 1. The van der Waals surface area contributed by atoms with Crippen LogP contribution in [0.2, 0.25) is 0 Å². The number of carbonyl (C=O) groups is 2. The number of methoxy groups -OCH3 is 1. The SMILES string of the molecule is CCC(=O)C1=C(O)C(=O)N(Cc2cccc(C(F)(F)F)c2)C1c1ccc(OC)cc1.